The van der Waals surface area contributed by atoms with E-state index in [1.165, 1.54) is 24.3 Å². The molecular formula is C18H13F2N3. The van der Waals surface area contributed by atoms with Gasteiger partial charge in [0.25, 0.3) is 0 Å². The van der Waals surface area contributed by atoms with Crippen molar-refractivity contribution in [2.24, 2.45) is 0 Å². The molecule has 0 bridgehead atoms. The van der Waals surface area contributed by atoms with E-state index in [1.807, 2.05) is 21.9 Å². The predicted molar refractivity (Wildman–Crippen MR) is 86.2 cm³/mol. The van der Waals surface area contributed by atoms with E-state index < -0.39 is 0 Å². The van der Waals surface area contributed by atoms with E-state index in [4.69, 9.17) is 0 Å². The summed E-state index contributed by atoms with van der Waals surface area (Å²) < 4.78 is 26.3. The van der Waals surface area contributed by atoms with Crippen LogP contribution in [0.5, 0.6) is 0 Å². The number of fused-ring (bicyclic) bond motifs is 1. The van der Waals surface area contributed by atoms with Gasteiger partial charge in [0.15, 0.2) is 5.82 Å². The van der Waals surface area contributed by atoms with Crippen molar-refractivity contribution in [3.8, 4) is 0 Å². The molecule has 0 saturated heterocycles. The second-order valence-electron chi connectivity index (χ2n) is 5.30. The Morgan fingerprint density at radius 1 is 0.739 bits per heavy atom. The first-order valence-corrected chi connectivity index (χ1v) is 7.23. The van der Waals surface area contributed by atoms with Gasteiger partial charge in [-0.1, -0.05) is 0 Å². The topological polar surface area (TPSA) is 19.4 Å². The highest BCUT2D eigenvalue weighted by Crippen LogP contribution is 2.42. The van der Waals surface area contributed by atoms with Gasteiger partial charge in [-0.3, -0.25) is 0 Å². The Balaban J connectivity index is 1.77. The lowest BCUT2D eigenvalue weighted by Gasteiger charge is -2.21. The molecule has 0 fully saturated rings. The Kier molecular flexibility index (Phi) is 3.19. The van der Waals surface area contributed by atoms with Gasteiger partial charge in [-0.15, -0.1) is 0 Å². The van der Waals surface area contributed by atoms with Gasteiger partial charge < -0.3 is 9.80 Å². The van der Waals surface area contributed by atoms with E-state index in [0.29, 0.717) is 6.67 Å². The molecule has 0 unspecified atom stereocenters. The first-order chi connectivity index (χ1) is 11.2. The quantitative estimate of drug-likeness (QED) is 0.689. The van der Waals surface area contributed by atoms with Crippen molar-refractivity contribution >= 4 is 22.9 Å². The molecule has 5 heteroatoms. The number of halogens is 2. The Labute approximate surface area is 132 Å². The first kappa shape index (κ1) is 13.7. The minimum absolute atomic E-state index is 0.269. The van der Waals surface area contributed by atoms with Gasteiger partial charge >= 0.3 is 0 Å². The van der Waals surface area contributed by atoms with Crippen molar-refractivity contribution in [2.75, 3.05) is 16.5 Å². The maximum absolute atomic E-state index is 13.2. The molecule has 1 aliphatic rings. The third-order valence-corrected chi connectivity index (χ3v) is 3.87. The first-order valence-electron chi connectivity index (χ1n) is 7.23. The lowest BCUT2D eigenvalue weighted by atomic mass is 10.2. The molecule has 0 aliphatic carbocycles. The molecule has 4 rings (SSSR count). The molecule has 0 spiro atoms. The summed E-state index contributed by atoms with van der Waals surface area (Å²) in [5.74, 6) is 0.253. The molecule has 0 saturated carbocycles. The number of pyridine rings is 1. The van der Waals surface area contributed by atoms with Gasteiger partial charge in [-0.25, -0.2) is 13.8 Å². The molecule has 2 aromatic carbocycles. The Hall–Kier alpha value is -2.95. The van der Waals surface area contributed by atoms with Gasteiger partial charge in [0.05, 0.1) is 5.69 Å². The molecule has 2 heterocycles. The zero-order valence-corrected chi connectivity index (χ0v) is 12.2. The van der Waals surface area contributed by atoms with Crippen LogP contribution in [0, 0.1) is 11.6 Å². The number of rotatable bonds is 2. The van der Waals surface area contributed by atoms with Crippen molar-refractivity contribution in [2.45, 2.75) is 0 Å². The van der Waals surface area contributed by atoms with Crippen LogP contribution in [-0.2, 0) is 0 Å². The molecule has 0 atom stereocenters. The smallest absolute Gasteiger partial charge is 0.158 e. The third-order valence-electron chi connectivity index (χ3n) is 3.87. The average molecular weight is 309 g/mol. The van der Waals surface area contributed by atoms with Gasteiger partial charge in [-0.05, 0) is 60.7 Å². The summed E-state index contributed by atoms with van der Waals surface area (Å²) >= 11 is 0. The van der Waals surface area contributed by atoms with Crippen LogP contribution >= 0.6 is 0 Å². The van der Waals surface area contributed by atoms with Crippen LogP contribution < -0.4 is 9.80 Å². The maximum Gasteiger partial charge on any atom is 0.158 e. The highest BCUT2D eigenvalue weighted by Gasteiger charge is 2.28. The highest BCUT2D eigenvalue weighted by atomic mass is 19.1. The Morgan fingerprint density at radius 3 is 1.91 bits per heavy atom. The highest BCUT2D eigenvalue weighted by molar-refractivity contribution is 5.84. The molecule has 1 aromatic heterocycles. The van der Waals surface area contributed by atoms with Gasteiger partial charge in [0, 0.05) is 17.6 Å². The van der Waals surface area contributed by atoms with Crippen LogP contribution in [0.2, 0.25) is 0 Å². The molecule has 114 valence electrons. The minimum Gasteiger partial charge on any atom is -0.320 e. The summed E-state index contributed by atoms with van der Waals surface area (Å²) in [4.78, 5) is 8.49. The number of hydrogen-bond donors (Lipinski definition) is 0. The molecule has 0 amide bonds. The summed E-state index contributed by atoms with van der Waals surface area (Å²) in [5.41, 5.74) is 2.67. The molecule has 3 nitrogen and oxygen atoms in total. The number of benzene rings is 2. The number of aromatic nitrogens is 1. The number of nitrogens with zero attached hydrogens (tertiary/aromatic N) is 3. The fraction of sp³-hybridized carbons (Fsp3) is 0.0556. The van der Waals surface area contributed by atoms with Crippen LogP contribution in [0.1, 0.15) is 0 Å². The van der Waals surface area contributed by atoms with E-state index in [-0.39, 0.29) is 11.6 Å². The van der Waals surface area contributed by atoms with E-state index >= 15 is 0 Å². The van der Waals surface area contributed by atoms with Crippen molar-refractivity contribution in [3.05, 3.63) is 78.5 Å². The number of hydrogen-bond acceptors (Lipinski definition) is 3. The zero-order valence-electron chi connectivity index (χ0n) is 12.2. The SMILES string of the molecule is Fc1ccc(N2CN(c3ccc(F)cc3)c3ncccc32)cc1. The normalized spacial score (nSPS) is 13.3. The van der Waals surface area contributed by atoms with Crippen molar-refractivity contribution in [1.29, 1.82) is 0 Å². The van der Waals surface area contributed by atoms with E-state index in [2.05, 4.69) is 4.98 Å². The average Bonchev–Trinajstić information content (AvgIpc) is 2.96. The van der Waals surface area contributed by atoms with Gasteiger partial charge in [0.1, 0.15) is 18.3 Å². The van der Waals surface area contributed by atoms with Crippen molar-refractivity contribution < 1.29 is 8.78 Å². The van der Waals surface area contributed by atoms with Crippen LogP contribution in [0.4, 0.5) is 31.7 Å². The fourth-order valence-electron chi connectivity index (χ4n) is 2.76. The molecule has 0 N–H and O–H groups in total. The molecular weight excluding hydrogens is 296 g/mol. The fourth-order valence-corrected chi connectivity index (χ4v) is 2.76. The van der Waals surface area contributed by atoms with Crippen LogP contribution in [0.25, 0.3) is 0 Å². The Bertz CT molecular complexity index is 761. The second kappa shape index (κ2) is 5.35. The summed E-state index contributed by atoms with van der Waals surface area (Å²) in [7, 11) is 0. The summed E-state index contributed by atoms with van der Waals surface area (Å²) in [5, 5.41) is 0. The zero-order chi connectivity index (χ0) is 15.8. The third kappa shape index (κ3) is 2.40. The van der Waals surface area contributed by atoms with Crippen molar-refractivity contribution in [1.82, 2.24) is 4.98 Å². The monoisotopic (exact) mass is 309 g/mol. The summed E-state index contributed by atoms with van der Waals surface area (Å²) in [6.07, 6.45) is 1.73. The standard InChI is InChI=1S/C18H13F2N3/c19-13-3-7-15(8-4-13)22-12-23(16-9-5-14(20)6-10-16)18-17(22)2-1-11-21-18/h1-11H,12H2. The van der Waals surface area contributed by atoms with Crippen LogP contribution in [0.3, 0.4) is 0 Å². The predicted octanol–water partition coefficient (Wildman–Crippen LogP) is 4.61. The summed E-state index contributed by atoms with van der Waals surface area (Å²) in [6, 6.07) is 16.5. The summed E-state index contributed by atoms with van der Waals surface area (Å²) in [6.45, 7) is 0.531. The van der Waals surface area contributed by atoms with Crippen LogP contribution in [0.15, 0.2) is 66.9 Å². The maximum atomic E-state index is 13.2. The minimum atomic E-state index is -0.274. The largest absolute Gasteiger partial charge is 0.320 e. The lowest BCUT2D eigenvalue weighted by molar-refractivity contribution is 0.627. The molecule has 3 aromatic rings. The Morgan fingerprint density at radius 2 is 1.30 bits per heavy atom. The van der Waals surface area contributed by atoms with E-state index in [0.717, 1.165) is 22.9 Å². The molecule has 1 aliphatic heterocycles. The van der Waals surface area contributed by atoms with E-state index in [9.17, 15) is 8.78 Å². The molecule has 23 heavy (non-hydrogen) atoms. The number of anilines is 4. The van der Waals surface area contributed by atoms with Gasteiger partial charge in [-0.2, -0.15) is 0 Å². The lowest BCUT2D eigenvalue weighted by Crippen LogP contribution is -2.24. The van der Waals surface area contributed by atoms with Crippen molar-refractivity contribution in [3.63, 3.8) is 0 Å². The second-order valence-corrected chi connectivity index (χ2v) is 5.30. The van der Waals surface area contributed by atoms with Crippen LogP contribution in [-0.4, -0.2) is 11.7 Å². The molecule has 0 radical (unpaired) electrons. The van der Waals surface area contributed by atoms with E-state index in [1.54, 1.807) is 30.5 Å². The van der Waals surface area contributed by atoms with Gasteiger partial charge in [0.2, 0.25) is 0 Å².